The molecule has 2 aromatic heterocycles. The Balaban J connectivity index is 2.10. The van der Waals surface area contributed by atoms with Crippen molar-refractivity contribution in [2.45, 2.75) is 6.18 Å². The van der Waals surface area contributed by atoms with Gasteiger partial charge in [0.1, 0.15) is 0 Å². The van der Waals surface area contributed by atoms with Gasteiger partial charge in [0, 0.05) is 11.6 Å². The van der Waals surface area contributed by atoms with Crippen LogP contribution in [0.15, 0.2) is 54.7 Å². The molecule has 0 fully saturated rings. The van der Waals surface area contributed by atoms with Crippen LogP contribution in [-0.2, 0) is 6.18 Å². The number of alkyl halides is 3. The quantitative estimate of drug-likeness (QED) is 0.660. The Kier molecular flexibility index (Phi) is 2.89. The molecular weight excluding hydrogens is 265 g/mol. The molecule has 20 heavy (non-hydrogen) atoms. The fourth-order valence-corrected chi connectivity index (χ4v) is 1.96. The van der Waals surface area contributed by atoms with Gasteiger partial charge < -0.3 is 0 Å². The molecule has 2 heterocycles. The summed E-state index contributed by atoms with van der Waals surface area (Å²) in [5.74, 6) is 0. The first-order valence-corrected chi connectivity index (χ1v) is 5.93. The van der Waals surface area contributed by atoms with Crippen LogP contribution in [0, 0.1) is 0 Å². The summed E-state index contributed by atoms with van der Waals surface area (Å²) >= 11 is 0. The van der Waals surface area contributed by atoms with Gasteiger partial charge in [-0.3, -0.25) is 4.98 Å². The molecule has 0 aliphatic carbocycles. The van der Waals surface area contributed by atoms with E-state index in [0.717, 1.165) is 12.1 Å². The molecule has 2 nitrogen and oxygen atoms in total. The van der Waals surface area contributed by atoms with E-state index in [-0.39, 0.29) is 0 Å². The third-order valence-electron chi connectivity index (χ3n) is 2.94. The van der Waals surface area contributed by atoms with Crippen molar-refractivity contribution in [3.8, 4) is 11.4 Å². The molecule has 0 radical (unpaired) electrons. The second kappa shape index (κ2) is 4.59. The lowest BCUT2D eigenvalue weighted by atomic mass is 10.1. The molecule has 3 rings (SSSR count). The van der Waals surface area contributed by atoms with Gasteiger partial charge in [0.2, 0.25) is 0 Å². The van der Waals surface area contributed by atoms with Crippen molar-refractivity contribution in [3.63, 3.8) is 0 Å². The maximum atomic E-state index is 12.6. The number of pyridine rings is 2. The summed E-state index contributed by atoms with van der Waals surface area (Å²) < 4.78 is 37.9. The van der Waals surface area contributed by atoms with Crippen LogP contribution in [0.25, 0.3) is 22.3 Å². The van der Waals surface area contributed by atoms with Crippen LogP contribution in [0.3, 0.4) is 0 Å². The van der Waals surface area contributed by atoms with Crippen molar-refractivity contribution in [1.82, 2.24) is 9.97 Å². The molecule has 0 N–H and O–H groups in total. The molecule has 0 atom stereocenters. The standard InChI is InChI=1S/C15H9F3N2/c16-15(17,18)11-5-7-12-10(9-11)4-6-14(20-12)13-3-1-2-8-19-13/h1-9H. The molecule has 0 aliphatic heterocycles. The Bertz CT molecular complexity index is 752. The van der Waals surface area contributed by atoms with E-state index in [0.29, 0.717) is 22.3 Å². The van der Waals surface area contributed by atoms with Crippen LogP contribution in [-0.4, -0.2) is 9.97 Å². The van der Waals surface area contributed by atoms with Crippen LogP contribution >= 0.6 is 0 Å². The molecule has 0 unspecified atom stereocenters. The summed E-state index contributed by atoms with van der Waals surface area (Å²) in [5.41, 5.74) is 1.17. The summed E-state index contributed by atoms with van der Waals surface area (Å²) in [5, 5.41) is 0.458. The van der Waals surface area contributed by atoms with E-state index in [2.05, 4.69) is 9.97 Å². The fourth-order valence-electron chi connectivity index (χ4n) is 1.96. The SMILES string of the molecule is FC(F)(F)c1ccc2nc(-c3ccccn3)ccc2c1. The highest BCUT2D eigenvalue weighted by molar-refractivity contribution is 5.81. The number of nitrogens with zero attached hydrogens (tertiary/aromatic N) is 2. The molecule has 0 saturated carbocycles. The van der Waals surface area contributed by atoms with Gasteiger partial charge >= 0.3 is 6.18 Å². The van der Waals surface area contributed by atoms with E-state index in [4.69, 9.17) is 0 Å². The molecule has 3 aromatic rings. The largest absolute Gasteiger partial charge is 0.416 e. The van der Waals surface area contributed by atoms with Crippen molar-refractivity contribution in [3.05, 3.63) is 60.3 Å². The zero-order valence-electron chi connectivity index (χ0n) is 10.2. The van der Waals surface area contributed by atoms with E-state index in [1.165, 1.54) is 6.07 Å². The van der Waals surface area contributed by atoms with Gasteiger partial charge in [0.05, 0.1) is 22.5 Å². The highest BCUT2D eigenvalue weighted by atomic mass is 19.4. The van der Waals surface area contributed by atoms with Gasteiger partial charge in [-0.05, 0) is 36.4 Å². The normalized spacial score (nSPS) is 11.8. The highest BCUT2D eigenvalue weighted by Crippen LogP contribution is 2.31. The number of halogens is 3. The Labute approximate surface area is 112 Å². The maximum Gasteiger partial charge on any atom is 0.416 e. The zero-order chi connectivity index (χ0) is 14.2. The topological polar surface area (TPSA) is 25.8 Å². The second-order valence-electron chi connectivity index (χ2n) is 4.32. The fraction of sp³-hybridized carbons (Fsp3) is 0.0667. The third-order valence-corrected chi connectivity index (χ3v) is 2.94. The minimum Gasteiger partial charge on any atom is -0.255 e. The van der Waals surface area contributed by atoms with Crippen molar-refractivity contribution in [2.24, 2.45) is 0 Å². The number of aromatic nitrogens is 2. The second-order valence-corrected chi connectivity index (χ2v) is 4.32. The zero-order valence-corrected chi connectivity index (χ0v) is 10.2. The number of hydrogen-bond donors (Lipinski definition) is 0. The average Bonchev–Trinajstić information content (AvgIpc) is 2.46. The minimum absolute atomic E-state index is 0.458. The van der Waals surface area contributed by atoms with E-state index in [9.17, 15) is 13.2 Å². The summed E-state index contributed by atoms with van der Waals surface area (Å²) in [6.45, 7) is 0. The van der Waals surface area contributed by atoms with Crippen molar-refractivity contribution >= 4 is 10.9 Å². The smallest absolute Gasteiger partial charge is 0.255 e. The summed E-state index contributed by atoms with van der Waals surface area (Å²) in [4.78, 5) is 8.51. The maximum absolute atomic E-state index is 12.6. The number of benzene rings is 1. The lowest BCUT2D eigenvalue weighted by molar-refractivity contribution is -0.137. The Morgan fingerprint density at radius 1 is 0.850 bits per heavy atom. The van der Waals surface area contributed by atoms with Gasteiger partial charge in [-0.2, -0.15) is 13.2 Å². The van der Waals surface area contributed by atoms with Gasteiger partial charge in [-0.1, -0.05) is 12.1 Å². The van der Waals surface area contributed by atoms with Gasteiger partial charge in [0.25, 0.3) is 0 Å². The van der Waals surface area contributed by atoms with Crippen LogP contribution in [0.5, 0.6) is 0 Å². The lowest BCUT2D eigenvalue weighted by Gasteiger charge is -2.08. The number of hydrogen-bond acceptors (Lipinski definition) is 2. The van der Waals surface area contributed by atoms with Crippen LogP contribution in [0.4, 0.5) is 13.2 Å². The van der Waals surface area contributed by atoms with E-state index in [1.807, 2.05) is 6.07 Å². The van der Waals surface area contributed by atoms with Crippen LogP contribution < -0.4 is 0 Å². The van der Waals surface area contributed by atoms with Crippen LogP contribution in [0.1, 0.15) is 5.56 Å². The first-order valence-electron chi connectivity index (χ1n) is 5.93. The summed E-state index contributed by atoms with van der Waals surface area (Å²) in [7, 11) is 0. The number of rotatable bonds is 1. The average molecular weight is 274 g/mol. The molecular formula is C15H9F3N2. The molecule has 5 heteroatoms. The van der Waals surface area contributed by atoms with Crippen molar-refractivity contribution in [1.29, 1.82) is 0 Å². The van der Waals surface area contributed by atoms with E-state index in [1.54, 1.807) is 30.5 Å². The molecule has 0 saturated heterocycles. The number of fused-ring (bicyclic) bond motifs is 1. The van der Waals surface area contributed by atoms with E-state index >= 15 is 0 Å². The van der Waals surface area contributed by atoms with Gasteiger partial charge in [-0.15, -0.1) is 0 Å². The first kappa shape index (κ1) is 12.6. The first-order chi connectivity index (χ1) is 9.54. The van der Waals surface area contributed by atoms with Gasteiger partial charge in [0.15, 0.2) is 0 Å². The molecule has 0 spiro atoms. The van der Waals surface area contributed by atoms with Gasteiger partial charge in [-0.25, -0.2) is 4.98 Å². The molecule has 1 aromatic carbocycles. The minimum atomic E-state index is -4.34. The van der Waals surface area contributed by atoms with Crippen molar-refractivity contribution in [2.75, 3.05) is 0 Å². The predicted molar refractivity (Wildman–Crippen MR) is 70.0 cm³/mol. The monoisotopic (exact) mass is 274 g/mol. The predicted octanol–water partition coefficient (Wildman–Crippen LogP) is 4.32. The molecule has 100 valence electrons. The molecule has 0 bridgehead atoms. The lowest BCUT2D eigenvalue weighted by Crippen LogP contribution is -2.04. The third kappa shape index (κ3) is 2.34. The summed E-state index contributed by atoms with van der Waals surface area (Å²) in [6, 6.07) is 12.2. The molecule has 0 amide bonds. The van der Waals surface area contributed by atoms with E-state index < -0.39 is 11.7 Å². The Morgan fingerprint density at radius 2 is 1.70 bits per heavy atom. The highest BCUT2D eigenvalue weighted by Gasteiger charge is 2.30. The van der Waals surface area contributed by atoms with Crippen molar-refractivity contribution < 1.29 is 13.2 Å². The molecule has 0 aliphatic rings. The Morgan fingerprint density at radius 3 is 2.40 bits per heavy atom. The summed E-state index contributed by atoms with van der Waals surface area (Å²) in [6.07, 6.45) is -2.69. The Hall–Kier alpha value is -2.43. The van der Waals surface area contributed by atoms with Crippen LogP contribution in [0.2, 0.25) is 0 Å².